The molecule has 0 unspecified atom stereocenters. The van der Waals surface area contributed by atoms with Crippen LogP contribution in [0.25, 0.3) is 0 Å². The first-order valence-corrected chi connectivity index (χ1v) is 9.73. The van der Waals surface area contributed by atoms with Gasteiger partial charge in [-0.3, -0.25) is 9.78 Å². The van der Waals surface area contributed by atoms with Gasteiger partial charge in [-0.2, -0.15) is 11.3 Å². The molecule has 4 heterocycles. The summed E-state index contributed by atoms with van der Waals surface area (Å²) in [6.07, 6.45) is 1.80. The van der Waals surface area contributed by atoms with Gasteiger partial charge in [0.25, 0.3) is 0 Å². The number of ether oxygens (including phenoxy) is 3. The number of nitrogens with zero attached hydrogens (tertiary/aromatic N) is 2. The van der Waals surface area contributed by atoms with Crippen molar-refractivity contribution in [2.24, 2.45) is 0 Å². The van der Waals surface area contributed by atoms with Crippen LogP contribution in [0.15, 0.2) is 35.2 Å². The molecule has 2 aliphatic heterocycles. The van der Waals surface area contributed by atoms with Crippen LogP contribution in [-0.4, -0.2) is 60.4 Å². The van der Waals surface area contributed by atoms with E-state index in [2.05, 4.69) is 4.98 Å². The third kappa shape index (κ3) is 4.06. The molecule has 4 rings (SSSR count). The molecule has 0 bridgehead atoms. The summed E-state index contributed by atoms with van der Waals surface area (Å²) in [4.78, 5) is 18.5. The molecule has 26 heavy (non-hydrogen) atoms. The molecule has 0 radical (unpaired) electrons. The fourth-order valence-electron chi connectivity index (χ4n) is 3.24. The third-order valence-electron chi connectivity index (χ3n) is 4.68. The van der Waals surface area contributed by atoms with Gasteiger partial charge in [-0.05, 0) is 41.4 Å². The van der Waals surface area contributed by atoms with Crippen molar-refractivity contribution in [1.82, 2.24) is 9.88 Å². The Labute approximate surface area is 156 Å². The van der Waals surface area contributed by atoms with Gasteiger partial charge >= 0.3 is 0 Å². The quantitative estimate of drug-likeness (QED) is 0.820. The van der Waals surface area contributed by atoms with Crippen LogP contribution in [0.5, 0.6) is 5.75 Å². The number of thiophene rings is 1. The SMILES string of the molecule is Cc1ccc(OC2CO[C@H]3CN(C(=O)Cc4ccsc4)C[C@@H]3OC2)cn1. The first-order chi connectivity index (χ1) is 12.7. The molecule has 0 spiro atoms. The largest absolute Gasteiger partial charge is 0.484 e. The molecule has 2 atom stereocenters. The Morgan fingerprint density at radius 1 is 1.27 bits per heavy atom. The summed E-state index contributed by atoms with van der Waals surface area (Å²) >= 11 is 1.61. The first kappa shape index (κ1) is 17.5. The molecule has 2 aliphatic rings. The van der Waals surface area contributed by atoms with Gasteiger partial charge in [0.05, 0.1) is 25.8 Å². The van der Waals surface area contributed by atoms with Crippen LogP contribution < -0.4 is 4.74 Å². The number of pyridine rings is 1. The fourth-order valence-corrected chi connectivity index (χ4v) is 3.91. The van der Waals surface area contributed by atoms with Gasteiger partial charge in [0.2, 0.25) is 5.91 Å². The standard InChI is InChI=1S/C19H22N2O4S/c1-13-2-3-15(7-20-13)25-16-10-23-17-8-21(9-18(17)24-11-16)19(22)6-14-4-5-26-12-14/h2-5,7,12,16-18H,6,8-11H2,1H3/t17-,18-/m0/s1. The summed E-state index contributed by atoms with van der Waals surface area (Å²) in [5.41, 5.74) is 2.02. The van der Waals surface area contributed by atoms with Crippen LogP contribution in [0.1, 0.15) is 11.3 Å². The van der Waals surface area contributed by atoms with E-state index in [0.717, 1.165) is 11.3 Å². The van der Waals surface area contributed by atoms with E-state index >= 15 is 0 Å². The van der Waals surface area contributed by atoms with Crippen molar-refractivity contribution in [2.75, 3.05) is 26.3 Å². The first-order valence-electron chi connectivity index (χ1n) is 8.79. The number of aryl methyl sites for hydroxylation is 1. The minimum atomic E-state index is -0.167. The van der Waals surface area contributed by atoms with Crippen LogP contribution in [-0.2, 0) is 20.7 Å². The number of rotatable bonds is 4. The minimum absolute atomic E-state index is 0.0915. The molecule has 1 amide bonds. The van der Waals surface area contributed by atoms with Crippen molar-refractivity contribution in [3.8, 4) is 5.75 Å². The fraction of sp³-hybridized carbons (Fsp3) is 0.474. The van der Waals surface area contributed by atoms with E-state index in [1.807, 2.05) is 40.8 Å². The maximum Gasteiger partial charge on any atom is 0.227 e. The lowest BCUT2D eigenvalue weighted by atomic mass is 10.2. The van der Waals surface area contributed by atoms with Crippen molar-refractivity contribution in [3.63, 3.8) is 0 Å². The highest BCUT2D eigenvalue weighted by Crippen LogP contribution is 2.23. The average Bonchev–Trinajstić information content (AvgIpc) is 3.25. The van der Waals surface area contributed by atoms with Crippen molar-refractivity contribution < 1.29 is 19.0 Å². The lowest BCUT2D eigenvalue weighted by Crippen LogP contribution is -2.33. The molecule has 7 heteroatoms. The van der Waals surface area contributed by atoms with Crippen LogP contribution in [0.2, 0.25) is 0 Å². The molecule has 0 saturated carbocycles. The van der Waals surface area contributed by atoms with Crippen LogP contribution in [0, 0.1) is 6.92 Å². The highest BCUT2D eigenvalue weighted by Gasteiger charge is 2.39. The molecule has 0 aliphatic carbocycles. The van der Waals surface area contributed by atoms with Crippen molar-refractivity contribution in [1.29, 1.82) is 0 Å². The Hall–Kier alpha value is -1.96. The van der Waals surface area contributed by atoms with Crippen LogP contribution >= 0.6 is 11.3 Å². The number of amides is 1. The predicted molar refractivity (Wildman–Crippen MR) is 97.5 cm³/mol. The Morgan fingerprint density at radius 2 is 2.04 bits per heavy atom. The molecule has 2 fully saturated rings. The van der Waals surface area contributed by atoms with Gasteiger partial charge in [-0.15, -0.1) is 0 Å². The van der Waals surface area contributed by atoms with Crippen molar-refractivity contribution >= 4 is 17.2 Å². The van der Waals surface area contributed by atoms with E-state index in [1.165, 1.54) is 0 Å². The van der Waals surface area contributed by atoms with E-state index in [1.54, 1.807) is 17.5 Å². The third-order valence-corrected chi connectivity index (χ3v) is 5.41. The second-order valence-electron chi connectivity index (χ2n) is 6.73. The molecule has 6 nitrogen and oxygen atoms in total. The summed E-state index contributed by atoms with van der Waals surface area (Å²) in [6.45, 7) is 3.98. The van der Waals surface area contributed by atoms with Gasteiger partial charge in [-0.25, -0.2) is 0 Å². The number of fused-ring (bicyclic) bond motifs is 1. The van der Waals surface area contributed by atoms with Gasteiger partial charge in [-0.1, -0.05) is 0 Å². The lowest BCUT2D eigenvalue weighted by Gasteiger charge is -2.19. The Morgan fingerprint density at radius 3 is 2.65 bits per heavy atom. The van der Waals surface area contributed by atoms with E-state index in [0.29, 0.717) is 38.5 Å². The van der Waals surface area contributed by atoms with Gasteiger partial charge in [0.1, 0.15) is 24.1 Å². The number of carbonyl (C=O) groups is 1. The molecule has 2 aromatic heterocycles. The van der Waals surface area contributed by atoms with Crippen LogP contribution in [0.3, 0.4) is 0 Å². The minimum Gasteiger partial charge on any atom is -0.484 e. The van der Waals surface area contributed by atoms with E-state index in [4.69, 9.17) is 14.2 Å². The van der Waals surface area contributed by atoms with E-state index < -0.39 is 0 Å². The zero-order chi connectivity index (χ0) is 17.9. The summed E-state index contributed by atoms with van der Waals surface area (Å²) < 4.78 is 17.9. The van der Waals surface area contributed by atoms with Gasteiger partial charge in [0, 0.05) is 18.8 Å². The van der Waals surface area contributed by atoms with Crippen LogP contribution in [0.4, 0.5) is 0 Å². The molecule has 0 aromatic carbocycles. The lowest BCUT2D eigenvalue weighted by molar-refractivity contribution is -0.130. The molecule has 2 aromatic rings. The Kier molecular flexibility index (Phi) is 5.19. The number of hydrogen-bond donors (Lipinski definition) is 0. The number of likely N-dealkylation sites (tertiary alicyclic amines) is 1. The number of hydrogen-bond acceptors (Lipinski definition) is 6. The number of carbonyl (C=O) groups excluding carboxylic acids is 1. The highest BCUT2D eigenvalue weighted by molar-refractivity contribution is 7.08. The normalized spacial score (nSPS) is 23.5. The van der Waals surface area contributed by atoms with E-state index in [-0.39, 0.29) is 24.2 Å². The molecule has 2 saturated heterocycles. The van der Waals surface area contributed by atoms with Gasteiger partial charge < -0.3 is 19.1 Å². The Balaban J connectivity index is 1.30. The predicted octanol–water partition coefficient (Wildman–Crippen LogP) is 2.07. The summed E-state index contributed by atoms with van der Waals surface area (Å²) in [7, 11) is 0. The smallest absolute Gasteiger partial charge is 0.227 e. The van der Waals surface area contributed by atoms with Crippen molar-refractivity contribution in [2.45, 2.75) is 31.7 Å². The number of aromatic nitrogens is 1. The topological polar surface area (TPSA) is 60.9 Å². The molecule has 0 N–H and O–H groups in total. The van der Waals surface area contributed by atoms with Crippen molar-refractivity contribution in [3.05, 3.63) is 46.4 Å². The van der Waals surface area contributed by atoms with E-state index in [9.17, 15) is 4.79 Å². The zero-order valence-electron chi connectivity index (χ0n) is 14.7. The summed E-state index contributed by atoms with van der Waals surface area (Å²) in [5, 5.41) is 4.01. The maximum atomic E-state index is 12.5. The highest BCUT2D eigenvalue weighted by atomic mass is 32.1. The molecular weight excluding hydrogens is 352 g/mol. The summed E-state index contributed by atoms with van der Waals surface area (Å²) in [5.74, 6) is 0.842. The second-order valence-corrected chi connectivity index (χ2v) is 7.51. The summed E-state index contributed by atoms with van der Waals surface area (Å²) in [6, 6.07) is 5.81. The zero-order valence-corrected chi connectivity index (χ0v) is 15.5. The maximum absolute atomic E-state index is 12.5. The monoisotopic (exact) mass is 374 g/mol. The Bertz CT molecular complexity index is 719. The average molecular weight is 374 g/mol. The second kappa shape index (κ2) is 7.73. The molecule has 138 valence electrons. The van der Waals surface area contributed by atoms with Gasteiger partial charge in [0.15, 0.2) is 0 Å². The molecular formula is C19H22N2O4S.